The second-order valence-corrected chi connectivity index (χ2v) is 6.74. The van der Waals surface area contributed by atoms with E-state index in [0.717, 1.165) is 28.1 Å². The Kier molecular flexibility index (Phi) is 2.89. The second kappa shape index (κ2) is 5.05. The number of para-hydroxylation sites is 2. The number of fused-ring (bicyclic) bond motifs is 4. The Morgan fingerprint density at radius 3 is 2.62 bits per heavy atom. The molecular weight excluding hydrogens is 328 g/mol. The maximum Gasteiger partial charge on any atom is 0.240 e. The molecule has 6 heteroatoms. The highest BCUT2D eigenvalue weighted by molar-refractivity contribution is 6.15. The molecule has 1 aromatic heterocycles. The third-order valence-electron chi connectivity index (χ3n) is 5.27. The molecular formula is C20H16N4O2. The van der Waals surface area contributed by atoms with E-state index in [1.807, 2.05) is 55.5 Å². The maximum atomic E-state index is 13.1. The number of aryl methyl sites for hydroxylation is 1. The van der Waals surface area contributed by atoms with Crippen LogP contribution in [0.1, 0.15) is 23.1 Å². The molecule has 2 aliphatic rings. The summed E-state index contributed by atoms with van der Waals surface area (Å²) in [6, 6.07) is 15.3. The molecule has 2 aliphatic heterocycles. The summed E-state index contributed by atoms with van der Waals surface area (Å²) in [7, 11) is 0. The molecule has 5 rings (SSSR count). The van der Waals surface area contributed by atoms with Crippen LogP contribution in [0.15, 0.2) is 54.7 Å². The summed E-state index contributed by atoms with van der Waals surface area (Å²) in [6.07, 6.45) is 1.77. The molecule has 2 amide bonds. The molecule has 0 saturated heterocycles. The molecule has 3 aromatic rings. The first-order valence-corrected chi connectivity index (χ1v) is 8.46. The molecule has 128 valence electrons. The normalized spacial score (nSPS) is 20.5. The van der Waals surface area contributed by atoms with Crippen molar-refractivity contribution in [3.05, 3.63) is 71.4 Å². The van der Waals surface area contributed by atoms with Gasteiger partial charge in [-0.1, -0.05) is 36.4 Å². The standard InChI is InChI=1S/C20H16N4O2/c1-12-6-5-9-14-17(12)23-19(26)20(14)10-16(25)22-18-15(20)11-21-24(18)13-7-3-2-4-8-13/h2-9,11H,10H2,1H3,(H,22,25)(H,23,26)/t20-/m1/s1. The lowest BCUT2D eigenvalue weighted by Crippen LogP contribution is -2.43. The van der Waals surface area contributed by atoms with Crippen LogP contribution in [-0.4, -0.2) is 21.6 Å². The van der Waals surface area contributed by atoms with Crippen LogP contribution in [-0.2, 0) is 15.0 Å². The highest BCUT2D eigenvalue weighted by Crippen LogP contribution is 2.50. The van der Waals surface area contributed by atoms with Crippen molar-refractivity contribution in [1.29, 1.82) is 0 Å². The number of amides is 2. The van der Waals surface area contributed by atoms with Crippen LogP contribution in [0.5, 0.6) is 0 Å². The summed E-state index contributed by atoms with van der Waals surface area (Å²) in [5, 5.41) is 10.4. The monoisotopic (exact) mass is 344 g/mol. The van der Waals surface area contributed by atoms with Crippen LogP contribution in [0.2, 0.25) is 0 Å². The highest BCUT2D eigenvalue weighted by Gasteiger charge is 2.54. The number of hydrogen-bond acceptors (Lipinski definition) is 3. The minimum absolute atomic E-state index is 0.0722. The molecule has 0 bridgehead atoms. The molecule has 0 unspecified atom stereocenters. The fourth-order valence-corrected chi connectivity index (χ4v) is 4.03. The summed E-state index contributed by atoms with van der Waals surface area (Å²) in [5.74, 6) is 0.183. The average Bonchev–Trinajstić information content (AvgIpc) is 3.18. The smallest absolute Gasteiger partial charge is 0.240 e. The van der Waals surface area contributed by atoms with Crippen LogP contribution >= 0.6 is 0 Å². The summed E-state index contributed by atoms with van der Waals surface area (Å²) in [4.78, 5) is 25.7. The number of hydrogen-bond donors (Lipinski definition) is 2. The maximum absolute atomic E-state index is 13.1. The fourth-order valence-electron chi connectivity index (χ4n) is 4.03. The predicted molar refractivity (Wildman–Crippen MR) is 97.4 cm³/mol. The fraction of sp³-hybridized carbons (Fsp3) is 0.150. The number of aromatic nitrogens is 2. The van der Waals surface area contributed by atoms with Crippen molar-refractivity contribution in [2.24, 2.45) is 0 Å². The quantitative estimate of drug-likeness (QED) is 0.713. The molecule has 3 heterocycles. The van der Waals surface area contributed by atoms with Gasteiger partial charge in [0, 0.05) is 17.7 Å². The SMILES string of the molecule is Cc1cccc2c1NC(=O)[C@]21CC(=O)Nc2c1cnn2-c1ccccc1. The number of anilines is 2. The van der Waals surface area contributed by atoms with Gasteiger partial charge in [0.1, 0.15) is 11.2 Å². The zero-order chi connectivity index (χ0) is 17.9. The predicted octanol–water partition coefficient (Wildman–Crippen LogP) is 2.76. The van der Waals surface area contributed by atoms with Crippen molar-refractivity contribution >= 4 is 23.3 Å². The minimum Gasteiger partial charge on any atom is -0.324 e. The van der Waals surface area contributed by atoms with Gasteiger partial charge in [0.2, 0.25) is 11.8 Å². The second-order valence-electron chi connectivity index (χ2n) is 6.74. The van der Waals surface area contributed by atoms with Gasteiger partial charge in [0.05, 0.1) is 11.9 Å². The first-order chi connectivity index (χ1) is 12.6. The molecule has 1 atom stereocenters. The van der Waals surface area contributed by atoms with Gasteiger partial charge in [-0.2, -0.15) is 5.10 Å². The van der Waals surface area contributed by atoms with E-state index in [1.165, 1.54) is 0 Å². The van der Waals surface area contributed by atoms with Crippen molar-refractivity contribution in [2.75, 3.05) is 10.6 Å². The van der Waals surface area contributed by atoms with Gasteiger partial charge in [0.15, 0.2) is 0 Å². The summed E-state index contributed by atoms with van der Waals surface area (Å²) >= 11 is 0. The lowest BCUT2D eigenvalue weighted by molar-refractivity contribution is -0.125. The topological polar surface area (TPSA) is 76.0 Å². The molecule has 6 nitrogen and oxygen atoms in total. The van der Waals surface area contributed by atoms with E-state index in [2.05, 4.69) is 15.7 Å². The zero-order valence-corrected chi connectivity index (χ0v) is 14.1. The van der Waals surface area contributed by atoms with Crippen molar-refractivity contribution in [1.82, 2.24) is 9.78 Å². The van der Waals surface area contributed by atoms with E-state index in [4.69, 9.17) is 0 Å². The Morgan fingerprint density at radius 2 is 1.81 bits per heavy atom. The van der Waals surface area contributed by atoms with Crippen molar-refractivity contribution < 1.29 is 9.59 Å². The zero-order valence-electron chi connectivity index (χ0n) is 14.1. The summed E-state index contributed by atoms with van der Waals surface area (Å²) in [6.45, 7) is 1.95. The van der Waals surface area contributed by atoms with Crippen molar-refractivity contribution in [2.45, 2.75) is 18.8 Å². The molecule has 2 aromatic carbocycles. The van der Waals surface area contributed by atoms with Crippen molar-refractivity contribution in [3.8, 4) is 5.69 Å². The molecule has 0 aliphatic carbocycles. The Labute approximate surface area is 149 Å². The van der Waals surface area contributed by atoms with E-state index in [-0.39, 0.29) is 18.2 Å². The molecule has 1 spiro atoms. The third-order valence-corrected chi connectivity index (χ3v) is 5.27. The van der Waals surface area contributed by atoms with Gasteiger partial charge >= 0.3 is 0 Å². The molecule has 0 fully saturated rings. The first-order valence-electron chi connectivity index (χ1n) is 8.46. The number of carbonyl (C=O) groups is 2. The van der Waals surface area contributed by atoms with Gasteiger partial charge in [-0.15, -0.1) is 0 Å². The summed E-state index contributed by atoms with van der Waals surface area (Å²) < 4.78 is 1.68. The molecule has 0 saturated carbocycles. The number of nitrogens with zero attached hydrogens (tertiary/aromatic N) is 2. The van der Waals surface area contributed by atoms with Gasteiger partial charge in [0.25, 0.3) is 0 Å². The van der Waals surface area contributed by atoms with E-state index < -0.39 is 5.41 Å². The van der Waals surface area contributed by atoms with Crippen molar-refractivity contribution in [3.63, 3.8) is 0 Å². The van der Waals surface area contributed by atoms with Gasteiger partial charge in [-0.3, -0.25) is 9.59 Å². The number of carbonyl (C=O) groups excluding carboxylic acids is 2. The lowest BCUT2D eigenvalue weighted by atomic mass is 9.71. The Hall–Kier alpha value is -3.41. The third kappa shape index (κ3) is 1.78. The van der Waals surface area contributed by atoms with Crippen LogP contribution in [0, 0.1) is 6.92 Å². The number of benzene rings is 2. The minimum atomic E-state index is -1.04. The lowest BCUT2D eigenvalue weighted by Gasteiger charge is -2.31. The van der Waals surface area contributed by atoms with E-state index >= 15 is 0 Å². The number of nitrogens with one attached hydrogen (secondary N) is 2. The van der Waals surface area contributed by atoms with E-state index in [1.54, 1.807) is 10.9 Å². The van der Waals surface area contributed by atoms with E-state index in [0.29, 0.717) is 5.82 Å². The highest BCUT2D eigenvalue weighted by atomic mass is 16.2. The largest absolute Gasteiger partial charge is 0.324 e. The van der Waals surface area contributed by atoms with Crippen LogP contribution in [0.4, 0.5) is 11.5 Å². The Bertz CT molecular complexity index is 1070. The van der Waals surface area contributed by atoms with Crippen LogP contribution in [0.25, 0.3) is 5.69 Å². The van der Waals surface area contributed by atoms with Gasteiger partial charge in [-0.05, 0) is 30.2 Å². The van der Waals surface area contributed by atoms with Crippen LogP contribution in [0.3, 0.4) is 0 Å². The Balaban J connectivity index is 1.79. The average molecular weight is 344 g/mol. The van der Waals surface area contributed by atoms with Gasteiger partial charge in [-0.25, -0.2) is 4.68 Å². The molecule has 26 heavy (non-hydrogen) atoms. The first kappa shape index (κ1) is 14.9. The van der Waals surface area contributed by atoms with Gasteiger partial charge < -0.3 is 10.6 Å². The summed E-state index contributed by atoms with van der Waals surface area (Å²) in [5.41, 5.74) is 3.13. The van der Waals surface area contributed by atoms with Crippen LogP contribution < -0.4 is 10.6 Å². The molecule has 2 N–H and O–H groups in total. The Morgan fingerprint density at radius 1 is 1.00 bits per heavy atom. The van der Waals surface area contributed by atoms with E-state index in [9.17, 15) is 9.59 Å². The molecule has 0 radical (unpaired) electrons. The number of rotatable bonds is 1.